The lowest BCUT2D eigenvalue weighted by Gasteiger charge is -2.35. The number of likely N-dealkylation sites (N-methyl/N-ethyl adjacent to an activating group) is 1. The molecule has 1 aliphatic heterocycles. The van der Waals surface area contributed by atoms with E-state index in [0.29, 0.717) is 0 Å². The van der Waals surface area contributed by atoms with Gasteiger partial charge in [0.2, 0.25) is 5.91 Å². The number of halogens is 1. The lowest BCUT2D eigenvalue weighted by molar-refractivity contribution is -0.115. The van der Waals surface area contributed by atoms with Crippen LogP contribution in [0.5, 0.6) is 0 Å². The van der Waals surface area contributed by atoms with Crippen molar-refractivity contribution in [3.05, 3.63) is 63.6 Å². The topological polar surface area (TPSA) is 48.5 Å². The van der Waals surface area contributed by atoms with E-state index in [2.05, 4.69) is 62.1 Å². The van der Waals surface area contributed by atoms with Gasteiger partial charge in [0.1, 0.15) is 5.01 Å². The second-order valence-electron chi connectivity index (χ2n) is 7.67. The Morgan fingerprint density at radius 2 is 1.97 bits per heavy atom. The number of carbonyl (C=O) groups excluding carboxylic acids is 1. The van der Waals surface area contributed by atoms with Crippen molar-refractivity contribution in [2.45, 2.75) is 13.3 Å². The summed E-state index contributed by atoms with van der Waals surface area (Å²) in [5.74, 6) is -0.0483. The van der Waals surface area contributed by atoms with E-state index in [-0.39, 0.29) is 12.3 Å². The quantitative estimate of drug-likeness (QED) is 0.564. The molecule has 30 heavy (non-hydrogen) atoms. The van der Waals surface area contributed by atoms with E-state index in [1.807, 2.05) is 35.7 Å². The fraction of sp³-hybridized carbons (Fsp3) is 0.304. The van der Waals surface area contributed by atoms with Crippen molar-refractivity contribution in [3.63, 3.8) is 0 Å². The number of hydrogen-bond donors (Lipinski definition) is 1. The summed E-state index contributed by atoms with van der Waals surface area (Å²) in [7, 11) is 2.16. The van der Waals surface area contributed by atoms with Gasteiger partial charge in [-0.3, -0.25) is 4.79 Å². The van der Waals surface area contributed by atoms with Gasteiger partial charge >= 0.3 is 0 Å². The Labute approximate surface area is 189 Å². The molecule has 0 radical (unpaired) electrons. The first kappa shape index (κ1) is 21.0. The third-order valence-corrected chi connectivity index (χ3v) is 6.72. The fourth-order valence-corrected chi connectivity index (χ4v) is 4.86. The molecular weight excluding hydrogens is 460 g/mol. The number of hydrogen-bond acceptors (Lipinski definition) is 5. The molecule has 7 heteroatoms. The van der Waals surface area contributed by atoms with E-state index >= 15 is 0 Å². The lowest BCUT2D eigenvalue weighted by Crippen LogP contribution is -2.44. The van der Waals surface area contributed by atoms with E-state index in [0.717, 1.165) is 52.6 Å². The number of aryl methyl sites for hydroxylation is 1. The zero-order valence-corrected chi connectivity index (χ0v) is 19.6. The number of carbonyl (C=O) groups is 1. The van der Waals surface area contributed by atoms with Crippen LogP contribution in [0, 0.1) is 6.92 Å². The molecule has 0 bridgehead atoms. The number of aromatic nitrogens is 1. The van der Waals surface area contributed by atoms with Gasteiger partial charge < -0.3 is 15.1 Å². The van der Waals surface area contributed by atoms with E-state index in [4.69, 9.17) is 0 Å². The molecule has 4 rings (SSSR count). The average molecular weight is 485 g/mol. The van der Waals surface area contributed by atoms with Crippen LogP contribution in [0.3, 0.4) is 0 Å². The van der Waals surface area contributed by atoms with Crippen molar-refractivity contribution in [1.29, 1.82) is 0 Å². The number of anilines is 2. The van der Waals surface area contributed by atoms with Crippen LogP contribution in [-0.4, -0.2) is 49.0 Å². The van der Waals surface area contributed by atoms with Gasteiger partial charge in [-0.15, -0.1) is 11.3 Å². The average Bonchev–Trinajstić information content (AvgIpc) is 3.17. The molecule has 3 aromatic rings. The number of benzene rings is 2. The van der Waals surface area contributed by atoms with Crippen molar-refractivity contribution in [1.82, 2.24) is 9.88 Å². The number of rotatable bonds is 5. The van der Waals surface area contributed by atoms with Crippen LogP contribution in [-0.2, 0) is 11.2 Å². The molecule has 0 unspecified atom stereocenters. The van der Waals surface area contributed by atoms with E-state index < -0.39 is 0 Å². The highest BCUT2D eigenvalue weighted by Crippen LogP contribution is 2.27. The molecule has 1 N–H and O–H groups in total. The maximum atomic E-state index is 12.5. The maximum absolute atomic E-state index is 12.5. The van der Waals surface area contributed by atoms with Gasteiger partial charge in [0.25, 0.3) is 0 Å². The third kappa shape index (κ3) is 5.09. The summed E-state index contributed by atoms with van der Waals surface area (Å²) in [6, 6.07) is 14.2. The number of piperazine rings is 1. The Bertz CT molecular complexity index is 1040. The Morgan fingerprint density at radius 1 is 1.17 bits per heavy atom. The molecule has 0 atom stereocenters. The van der Waals surface area contributed by atoms with Gasteiger partial charge in [0.15, 0.2) is 0 Å². The van der Waals surface area contributed by atoms with Crippen molar-refractivity contribution >= 4 is 44.5 Å². The van der Waals surface area contributed by atoms with Gasteiger partial charge in [0.05, 0.1) is 12.1 Å². The molecule has 1 fully saturated rings. The largest absolute Gasteiger partial charge is 0.369 e. The summed E-state index contributed by atoms with van der Waals surface area (Å²) in [5.41, 5.74) is 5.11. The van der Waals surface area contributed by atoms with E-state index in [1.165, 1.54) is 11.3 Å². The van der Waals surface area contributed by atoms with Crippen LogP contribution in [0.1, 0.15) is 11.3 Å². The molecule has 156 valence electrons. The normalized spacial score (nSPS) is 14.7. The van der Waals surface area contributed by atoms with Crippen LogP contribution >= 0.6 is 27.3 Å². The molecule has 0 saturated carbocycles. The first-order valence-corrected chi connectivity index (χ1v) is 11.7. The predicted octanol–water partition coefficient (Wildman–Crippen LogP) is 4.81. The van der Waals surface area contributed by atoms with Crippen molar-refractivity contribution in [2.24, 2.45) is 0 Å². The van der Waals surface area contributed by atoms with Crippen LogP contribution < -0.4 is 10.2 Å². The third-order valence-electron chi connectivity index (χ3n) is 5.29. The number of nitrogens with one attached hydrogen (secondary N) is 1. The molecule has 1 aliphatic rings. The maximum Gasteiger partial charge on any atom is 0.230 e. The zero-order valence-electron chi connectivity index (χ0n) is 17.2. The summed E-state index contributed by atoms with van der Waals surface area (Å²) in [6.45, 7) is 6.33. The van der Waals surface area contributed by atoms with E-state index in [1.54, 1.807) is 11.3 Å². The standard InChI is InChI=1S/C23H25BrN4OS/c1-16-12-19(6-7-21(16)28-10-8-27(2)9-11-28)25-22(29)14-20-15-30-23(26-20)17-4-3-5-18(24)13-17/h3-7,12-13,15H,8-11,14H2,1-2H3,(H,25,29). The highest BCUT2D eigenvalue weighted by molar-refractivity contribution is 9.10. The summed E-state index contributed by atoms with van der Waals surface area (Å²) in [6.07, 6.45) is 0.268. The fourth-order valence-electron chi connectivity index (χ4n) is 3.65. The minimum atomic E-state index is -0.0483. The minimum absolute atomic E-state index is 0.0483. The molecule has 5 nitrogen and oxygen atoms in total. The molecular formula is C23H25BrN4OS. The Kier molecular flexibility index (Phi) is 6.51. The van der Waals surface area contributed by atoms with Gasteiger partial charge in [-0.25, -0.2) is 4.98 Å². The monoisotopic (exact) mass is 484 g/mol. The van der Waals surface area contributed by atoms with Crippen LogP contribution in [0.4, 0.5) is 11.4 Å². The van der Waals surface area contributed by atoms with Gasteiger partial charge in [-0.2, -0.15) is 0 Å². The predicted molar refractivity (Wildman–Crippen MR) is 128 cm³/mol. The Morgan fingerprint density at radius 3 is 2.70 bits per heavy atom. The highest BCUT2D eigenvalue weighted by atomic mass is 79.9. The van der Waals surface area contributed by atoms with Crippen LogP contribution in [0.15, 0.2) is 52.3 Å². The van der Waals surface area contributed by atoms with Crippen LogP contribution in [0.25, 0.3) is 10.6 Å². The van der Waals surface area contributed by atoms with E-state index in [9.17, 15) is 4.79 Å². The van der Waals surface area contributed by atoms with Crippen LogP contribution in [0.2, 0.25) is 0 Å². The highest BCUT2D eigenvalue weighted by Gasteiger charge is 2.16. The SMILES string of the molecule is Cc1cc(NC(=O)Cc2csc(-c3cccc(Br)c3)n2)ccc1N1CCN(C)CC1. The second kappa shape index (κ2) is 9.29. The van der Waals surface area contributed by atoms with Gasteiger partial charge in [-0.1, -0.05) is 28.1 Å². The molecule has 1 saturated heterocycles. The summed E-state index contributed by atoms with van der Waals surface area (Å²) >= 11 is 5.05. The van der Waals surface area contributed by atoms with Gasteiger partial charge in [0, 0.05) is 53.0 Å². The Hall–Kier alpha value is -2.22. The number of thiazole rings is 1. The summed E-state index contributed by atoms with van der Waals surface area (Å²) < 4.78 is 1.02. The summed E-state index contributed by atoms with van der Waals surface area (Å²) in [5, 5.41) is 5.90. The zero-order chi connectivity index (χ0) is 21.1. The molecule has 0 spiro atoms. The first-order chi connectivity index (χ1) is 14.5. The smallest absolute Gasteiger partial charge is 0.230 e. The Balaban J connectivity index is 1.38. The van der Waals surface area contributed by atoms with Gasteiger partial charge in [-0.05, 0) is 49.9 Å². The second-order valence-corrected chi connectivity index (χ2v) is 9.44. The molecule has 2 heterocycles. The summed E-state index contributed by atoms with van der Waals surface area (Å²) in [4.78, 5) is 21.9. The van der Waals surface area contributed by atoms with Crippen molar-refractivity contribution in [3.8, 4) is 10.6 Å². The number of nitrogens with zero attached hydrogens (tertiary/aromatic N) is 3. The molecule has 1 amide bonds. The lowest BCUT2D eigenvalue weighted by atomic mass is 10.1. The minimum Gasteiger partial charge on any atom is -0.369 e. The molecule has 0 aliphatic carbocycles. The first-order valence-electron chi connectivity index (χ1n) is 10.0. The number of amides is 1. The van der Waals surface area contributed by atoms with Crippen molar-refractivity contribution in [2.75, 3.05) is 43.4 Å². The van der Waals surface area contributed by atoms with Crippen molar-refractivity contribution < 1.29 is 4.79 Å². The molecule has 1 aromatic heterocycles. The molecule has 2 aromatic carbocycles.